The Bertz CT molecular complexity index is 507. The van der Waals surface area contributed by atoms with Crippen LogP contribution in [0.1, 0.15) is 23.7 Å². The van der Waals surface area contributed by atoms with E-state index in [1.807, 2.05) is 0 Å². The molecule has 3 N–H and O–H groups in total. The molecule has 0 fully saturated rings. The predicted molar refractivity (Wildman–Crippen MR) is 73.8 cm³/mol. The molecule has 0 heterocycles. The summed E-state index contributed by atoms with van der Waals surface area (Å²) in [5.41, 5.74) is -0.150. The summed E-state index contributed by atoms with van der Waals surface area (Å²) in [5, 5.41) is 39.7. The van der Waals surface area contributed by atoms with Gasteiger partial charge in [-0.25, -0.2) is 0 Å². The van der Waals surface area contributed by atoms with E-state index in [0.717, 1.165) is 6.07 Å². The van der Waals surface area contributed by atoms with Crippen molar-refractivity contribution in [3.8, 4) is 0 Å². The van der Waals surface area contributed by atoms with Gasteiger partial charge in [0, 0.05) is 17.0 Å². The number of nitro benzene ring substituents is 1. The van der Waals surface area contributed by atoms with Gasteiger partial charge in [-0.3, -0.25) is 14.9 Å². The summed E-state index contributed by atoms with van der Waals surface area (Å²) in [4.78, 5) is 20.9. The van der Waals surface area contributed by atoms with Gasteiger partial charge in [-0.15, -0.1) is 0 Å². The molecule has 0 saturated heterocycles. The number of hydrogen-bond donors (Lipinski definition) is 3. The number of benzene rings is 1. The van der Waals surface area contributed by atoms with Crippen molar-refractivity contribution in [3.63, 3.8) is 0 Å². The van der Waals surface area contributed by atoms with Gasteiger partial charge in [0.2, 0.25) is 0 Å². The number of rotatable bonds is 7. The Labute approximate surface area is 123 Å². The van der Waals surface area contributed by atoms with Crippen molar-refractivity contribution in [2.24, 2.45) is 0 Å². The van der Waals surface area contributed by atoms with E-state index in [-0.39, 0.29) is 23.2 Å². The molecular weight excluding hydrogens is 334 g/mol. The lowest BCUT2D eigenvalue weighted by Crippen LogP contribution is -2.19. The lowest BCUT2D eigenvalue weighted by Gasteiger charge is -2.17. The Balaban J connectivity index is 3.09. The smallest absolute Gasteiger partial charge is 0.308 e. The maximum atomic E-state index is 10.9. The van der Waals surface area contributed by atoms with E-state index >= 15 is 0 Å². The van der Waals surface area contributed by atoms with Gasteiger partial charge in [0.1, 0.15) is 6.10 Å². The van der Waals surface area contributed by atoms with Crippen molar-refractivity contribution in [1.29, 1.82) is 0 Å². The first-order valence-electron chi connectivity index (χ1n) is 5.78. The van der Waals surface area contributed by atoms with Crippen molar-refractivity contribution in [3.05, 3.63) is 39.4 Å². The van der Waals surface area contributed by atoms with Gasteiger partial charge in [-0.1, -0.05) is 28.1 Å². The van der Waals surface area contributed by atoms with Crippen molar-refractivity contribution in [1.82, 2.24) is 0 Å². The maximum Gasteiger partial charge on any atom is 0.308 e. The molecule has 20 heavy (non-hydrogen) atoms. The zero-order valence-electron chi connectivity index (χ0n) is 10.4. The first-order valence-corrected chi connectivity index (χ1v) is 6.90. The summed E-state index contributed by atoms with van der Waals surface area (Å²) >= 11 is 3.12. The second-order valence-electron chi connectivity index (χ2n) is 4.21. The molecule has 0 saturated carbocycles. The number of aliphatic hydroxyl groups is 2. The minimum absolute atomic E-state index is 0.0495. The fraction of sp³-hybridized carbons (Fsp3) is 0.417. The Morgan fingerprint density at radius 2 is 2.05 bits per heavy atom. The minimum atomic E-state index is -1.26. The number of carboxylic acids is 1. The van der Waals surface area contributed by atoms with Crippen LogP contribution in [0.3, 0.4) is 0 Å². The summed E-state index contributed by atoms with van der Waals surface area (Å²) in [5.74, 6) is -1.18. The van der Waals surface area contributed by atoms with Crippen LogP contribution in [-0.4, -0.2) is 37.6 Å². The molecule has 0 aliphatic heterocycles. The molecule has 2 unspecified atom stereocenters. The lowest BCUT2D eigenvalue weighted by molar-refractivity contribution is -0.385. The molecule has 1 aromatic rings. The molecule has 1 aromatic carbocycles. The van der Waals surface area contributed by atoms with E-state index in [4.69, 9.17) is 5.11 Å². The molecular formula is C12H14BrNO6. The van der Waals surface area contributed by atoms with Crippen LogP contribution in [-0.2, 0) is 11.2 Å². The van der Waals surface area contributed by atoms with E-state index < -0.39 is 29.5 Å². The molecule has 0 aliphatic rings. The van der Waals surface area contributed by atoms with Gasteiger partial charge >= 0.3 is 5.97 Å². The number of hydrogen-bond acceptors (Lipinski definition) is 5. The van der Waals surface area contributed by atoms with E-state index in [1.54, 1.807) is 0 Å². The zero-order valence-corrected chi connectivity index (χ0v) is 12.0. The summed E-state index contributed by atoms with van der Waals surface area (Å²) in [7, 11) is 0. The fourth-order valence-corrected chi connectivity index (χ4v) is 2.21. The molecule has 2 atom stereocenters. The molecule has 0 amide bonds. The highest BCUT2D eigenvalue weighted by Crippen LogP contribution is 2.27. The quantitative estimate of drug-likeness (QED) is 0.389. The lowest BCUT2D eigenvalue weighted by atomic mass is 9.99. The number of carbonyl (C=O) groups is 1. The minimum Gasteiger partial charge on any atom is -0.481 e. The summed E-state index contributed by atoms with van der Waals surface area (Å²) in [6, 6.07) is 3.76. The van der Waals surface area contributed by atoms with Crippen LogP contribution in [0, 0.1) is 10.1 Å². The summed E-state index contributed by atoms with van der Waals surface area (Å²) in [6.45, 7) is 0. The van der Waals surface area contributed by atoms with E-state index in [9.17, 15) is 25.1 Å². The number of halogens is 1. The number of aliphatic hydroxyl groups excluding tert-OH is 2. The second-order valence-corrected chi connectivity index (χ2v) is 5.00. The Morgan fingerprint density at radius 3 is 2.55 bits per heavy atom. The molecule has 8 heteroatoms. The first-order chi connectivity index (χ1) is 9.36. The number of alkyl halides is 1. The average Bonchev–Trinajstić information content (AvgIpc) is 2.37. The van der Waals surface area contributed by atoms with Crippen LogP contribution in [0.5, 0.6) is 0 Å². The Morgan fingerprint density at radius 1 is 1.40 bits per heavy atom. The van der Waals surface area contributed by atoms with Crippen LogP contribution in [0.25, 0.3) is 0 Å². The molecule has 0 bridgehead atoms. The molecule has 1 rings (SSSR count). The van der Waals surface area contributed by atoms with Crippen molar-refractivity contribution >= 4 is 27.6 Å². The van der Waals surface area contributed by atoms with E-state index in [0.29, 0.717) is 5.33 Å². The highest BCUT2D eigenvalue weighted by Gasteiger charge is 2.23. The van der Waals surface area contributed by atoms with Crippen LogP contribution >= 0.6 is 15.9 Å². The molecule has 0 aliphatic carbocycles. The van der Waals surface area contributed by atoms with Crippen LogP contribution in [0.2, 0.25) is 0 Å². The first kappa shape index (κ1) is 16.5. The van der Waals surface area contributed by atoms with Gasteiger partial charge < -0.3 is 15.3 Å². The van der Waals surface area contributed by atoms with Crippen LogP contribution in [0.15, 0.2) is 18.2 Å². The Kier molecular flexibility index (Phi) is 6.05. The standard InChI is InChI=1S/C12H14BrNO6/c13-4-3-10(15)12(18)8-2-1-7(6-11(16)17)9(5-8)14(19)20/h1-2,5,10,12,15,18H,3-4,6H2,(H,16,17). The second kappa shape index (κ2) is 7.32. The van der Waals surface area contributed by atoms with Gasteiger partial charge in [0.05, 0.1) is 17.4 Å². The van der Waals surface area contributed by atoms with Gasteiger partial charge in [-0.05, 0) is 12.0 Å². The fourth-order valence-electron chi connectivity index (χ4n) is 1.74. The highest BCUT2D eigenvalue weighted by molar-refractivity contribution is 9.09. The third kappa shape index (κ3) is 4.26. The Hall–Kier alpha value is -1.51. The molecule has 0 spiro atoms. The SMILES string of the molecule is O=C(O)Cc1ccc(C(O)C(O)CCBr)cc1[N+](=O)[O-]. The summed E-state index contributed by atoms with van der Waals surface area (Å²) in [6.07, 6.45) is -2.51. The topological polar surface area (TPSA) is 121 Å². The van der Waals surface area contributed by atoms with Crippen LogP contribution in [0.4, 0.5) is 5.69 Å². The number of nitro groups is 1. The zero-order chi connectivity index (χ0) is 15.3. The number of nitrogens with zero attached hydrogens (tertiary/aromatic N) is 1. The van der Waals surface area contributed by atoms with E-state index in [1.165, 1.54) is 12.1 Å². The van der Waals surface area contributed by atoms with Crippen molar-refractivity contribution < 1.29 is 25.0 Å². The maximum absolute atomic E-state index is 10.9. The number of aliphatic carboxylic acids is 1. The largest absolute Gasteiger partial charge is 0.481 e. The molecule has 0 radical (unpaired) electrons. The summed E-state index contributed by atoms with van der Waals surface area (Å²) < 4.78 is 0. The highest BCUT2D eigenvalue weighted by atomic mass is 79.9. The molecule has 0 aromatic heterocycles. The molecule has 110 valence electrons. The monoisotopic (exact) mass is 347 g/mol. The van der Waals surface area contributed by atoms with Gasteiger partial charge in [-0.2, -0.15) is 0 Å². The predicted octanol–water partition coefficient (Wildman–Crippen LogP) is 1.40. The van der Waals surface area contributed by atoms with Gasteiger partial charge in [0.25, 0.3) is 5.69 Å². The van der Waals surface area contributed by atoms with E-state index in [2.05, 4.69) is 15.9 Å². The third-order valence-corrected chi connectivity index (χ3v) is 3.22. The van der Waals surface area contributed by atoms with Crippen LogP contribution < -0.4 is 0 Å². The number of carboxylic acid groups (broad SMARTS) is 1. The van der Waals surface area contributed by atoms with Crippen molar-refractivity contribution in [2.75, 3.05) is 5.33 Å². The third-order valence-electron chi connectivity index (χ3n) is 2.76. The van der Waals surface area contributed by atoms with Gasteiger partial charge in [0.15, 0.2) is 0 Å². The average molecular weight is 348 g/mol. The molecule has 7 nitrogen and oxygen atoms in total. The normalized spacial score (nSPS) is 13.8. The van der Waals surface area contributed by atoms with Crippen molar-refractivity contribution in [2.45, 2.75) is 25.0 Å².